The first-order valence-corrected chi connectivity index (χ1v) is 9.31. The SMILES string of the molecule is Cc1ccc(C2SCC(=O)Nc3c2c(C)nn3-c2ccccc2)cc1. The molecular formula is C20H19N3OS. The van der Waals surface area contributed by atoms with Gasteiger partial charge in [0.1, 0.15) is 5.82 Å². The lowest BCUT2D eigenvalue weighted by Gasteiger charge is -2.15. The molecule has 1 aliphatic rings. The number of aryl methyl sites for hydroxylation is 2. The number of para-hydroxylation sites is 1. The first-order chi connectivity index (χ1) is 12.1. The quantitative estimate of drug-likeness (QED) is 0.752. The van der Waals surface area contributed by atoms with E-state index in [1.165, 1.54) is 11.1 Å². The van der Waals surface area contributed by atoms with Gasteiger partial charge in [0.15, 0.2) is 0 Å². The molecule has 0 aliphatic carbocycles. The molecule has 1 unspecified atom stereocenters. The van der Waals surface area contributed by atoms with Gasteiger partial charge in [0.2, 0.25) is 5.91 Å². The number of amides is 1. The first-order valence-electron chi connectivity index (χ1n) is 8.26. The van der Waals surface area contributed by atoms with Crippen molar-refractivity contribution in [1.29, 1.82) is 0 Å². The van der Waals surface area contributed by atoms with E-state index in [0.717, 1.165) is 22.8 Å². The highest BCUT2D eigenvalue weighted by Crippen LogP contribution is 2.43. The Bertz CT molecular complexity index is 916. The Hall–Kier alpha value is -2.53. The maximum atomic E-state index is 12.3. The maximum absolute atomic E-state index is 12.3. The second-order valence-corrected chi connectivity index (χ2v) is 7.34. The number of hydrogen-bond acceptors (Lipinski definition) is 3. The van der Waals surface area contributed by atoms with Crippen LogP contribution in [0.25, 0.3) is 5.69 Å². The summed E-state index contributed by atoms with van der Waals surface area (Å²) in [6, 6.07) is 18.4. The highest BCUT2D eigenvalue weighted by atomic mass is 32.2. The molecule has 1 aromatic heterocycles. The van der Waals surface area contributed by atoms with Gasteiger partial charge in [-0.15, -0.1) is 11.8 Å². The third-order valence-corrected chi connectivity index (χ3v) is 5.66. The van der Waals surface area contributed by atoms with Crippen LogP contribution in [0.4, 0.5) is 5.82 Å². The number of fused-ring (bicyclic) bond motifs is 1. The molecule has 0 fully saturated rings. The summed E-state index contributed by atoms with van der Waals surface area (Å²) >= 11 is 1.65. The highest BCUT2D eigenvalue weighted by Gasteiger charge is 2.30. The highest BCUT2D eigenvalue weighted by molar-refractivity contribution is 8.00. The third-order valence-electron chi connectivity index (χ3n) is 4.39. The molecule has 0 spiro atoms. The molecule has 3 aromatic rings. The van der Waals surface area contributed by atoms with Crippen LogP contribution < -0.4 is 5.32 Å². The van der Waals surface area contributed by atoms with Gasteiger partial charge >= 0.3 is 0 Å². The fraction of sp³-hybridized carbons (Fsp3) is 0.200. The number of aromatic nitrogens is 2. The third kappa shape index (κ3) is 2.96. The van der Waals surface area contributed by atoms with Crippen LogP contribution in [0, 0.1) is 13.8 Å². The second kappa shape index (κ2) is 6.41. The summed E-state index contributed by atoms with van der Waals surface area (Å²) in [6.45, 7) is 4.09. The number of rotatable bonds is 2. The molecule has 0 radical (unpaired) electrons. The van der Waals surface area contributed by atoms with Crippen molar-refractivity contribution >= 4 is 23.5 Å². The monoisotopic (exact) mass is 349 g/mol. The Kier molecular flexibility index (Phi) is 4.09. The summed E-state index contributed by atoms with van der Waals surface area (Å²) in [5.74, 6) is 1.23. The van der Waals surface area contributed by atoms with Crippen molar-refractivity contribution in [1.82, 2.24) is 9.78 Å². The van der Waals surface area contributed by atoms with Crippen molar-refractivity contribution in [2.75, 3.05) is 11.1 Å². The van der Waals surface area contributed by atoms with Crippen molar-refractivity contribution in [3.8, 4) is 5.69 Å². The summed E-state index contributed by atoms with van der Waals surface area (Å²) in [4.78, 5) is 12.3. The topological polar surface area (TPSA) is 46.9 Å². The number of anilines is 1. The van der Waals surface area contributed by atoms with Crippen LogP contribution in [0.2, 0.25) is 0 Å². The standard InChI is InChI=1S/C20H19N3OS/c1-13-8-10-15(11-9-13)19-18-14(2)22-23(16-6-4-3-5-7-16)20(18)21-17(24)12-25-19/h3-11,19H,12H2,1-2H3,(H,21,24). The normalized spacial score (nSPS) is 16.9. The van der Waals surface area contributed by atoms with Crippen LogP contribution in [-0.2, 0) is 4.79 Å². The zero-order valence-corrected chi connectivity index (χ0v) is 15.0. The Morgan fingerprint density at radius 3 is 2.52 bits per heavy atom. The van der Waals surface area contributed by atoms with Gasteiger partial charge in [0, 0.05) is 5.56 Å². The van der Waals surface area contributed by atoms with Crippen LogP contribution >= 0.6 is 11.8 Å². The minimum absolute atomic E-state index is 0.0120. The van der Waals surface area contributed by atoms with Crippen LogP contribution in [0.15, 0.2) is 54.6 Å². The van der Waals surface area contributed by atoms with Crippen LogP contribution in [-0.4, -0.2) is 21.4 Å². The Balaban J connectivity index is 1.88. The minimum atomic E-state index is 0.0120. The zero-order chi connectivity index (χ0) is 17.4. The van der Waals surface area contributed by atoms with Gasteiger partial charge < -0.3 is 5.32 Å². The van der Waals surface area contributed by atoms with Gasteiger partial charge in [-0.25, -0.2) is 4.68 Å². The van der Waals surface area contributed by atoms with E-state index in [1.54, 1.807) is 11.8 Å². The second-order valence-electron chi connectivity index (χ2n) is 6.24. The summed E-state index contributed by atoms with van der Waals surface area (Å²) in [5.41, 5.74) is 5.40. The lowest BCUT2D eigenvalue weighted by molar-refractivity contribution is -0.113. The molecule has 0 bridgehead atoms. The van der Waals surface area contributed by atoms with Crippen LogP contribution in [0.3, 0.4) is 0 Å². The Morgan fingerprint density at radius 1 is 1.08 bits per heavy atom. The minimum Gasteiger partial charge on any atom is -0.310 e. The Labute approximate surface area is 151 Å². The molecular weight excluding hydrogens is 330 g/mol. The lowest BCUT2D eigenvalue weighted by Crippen LogP contribution is -2.15. The van der Waals surface area contributed by atoms with Gasteiger partial charge in [0.25, 0.3) is 0 Å². The van der Waals surface area contributed by atoms with Crippen molar-refractivity contribution in [2.24, 2.45) is 0 Å². The smallest absolute Gasteiger partial charge is 0.235 e. The predicted octanol–water partition coefficient (Wildman–Crippen LogP) is 4.26. The van der Waals surface area contributed by atoms with Gasteiger partial charge in [0.05, 0.1) is 22.4 Å². The summed E-state index contributed by atoms with van der Waals surface area (Å²) < 4.78 is 1.84. The van der Waals surface area contributed by atoms with E-state index in [-0.39, 0.29) is 11.2 Å². The number of carbonyl (C=O) groups is 1. The summed E-state index contributed by atoms with van der Waals surface area (Å²) in [6.07, 6.45) is 0. The molecule has 4 rings (SSSR count). The maximum Gasteiger partial charge on any atom is 0.235 e. The fourth-order valence-electron chi connectivity index (χ4n) is 3.14. The molecule has 2 heterocycles. The van der Waals surface area contributed by atoms with E-state index in [2.05, 4.69) is 36.5 Å². The molecule has 1 amide bonds. The molecule has 1 atom stereocenters. The van der Waals surface area contributed by atoms with Gasteiger partial charge in [-0.1, -0.05) is 48.0 Å². The van der Waals surface area contributed by atoms with E-state index in [0.29, 0.717) is 5.75 Å². The van der Waals surface area contributed by atoms with E-state index in [1.807, 2.05) is 41.9 Å². The molecule has 4 nitrogen and oxygen atoms in total. The summed E-state index contributed by atoms with van der Waals surface area (Å²) in [7, 11) is 0. The number of hydrogen-bond donors (Lipinski definition) is 1. The number of thioether (sulfide) groups is 1. The first kappa shape index (κ1) is 16.0. The molecule has 0 saturated carbocycles. The van der Waals surface area contributed by atoms with Crippen molar-refractivity contribution < 1.29 is 4.79 Å². The Morgan fingerprint density at radius 2 is 1.80 bits per heavy atom. The largest absolute Gasteiger partial charge is 0.310 e. The van der Waals surface area contributed by atoms with Crippen LogP contribution in [0.5, 0.6) is 0 Å². The van der Waals surface area contributed by atoms with E-state index >= 15 is 0 Å². The van der Waals surface area contributed by atoms with Gasteiger partial charge in [-0.05, 0) is 31.5 Å². The zero-order valence-electron chi connectivity index (χ0n) is 14.2. The lowest BCUT2D eigenvalue weighted by atomic mass is 10.0. The summed E-state index contributed by atoms with van der Waals surface area (Å²) in [5, 5.41) is 7.87. The molecule has 0 saturated heterocycles. The van der Waals surface area contributed by atoms with E-state index < -0.39 is 0 Å². The van der Waals surface area contributed by atoms with Gasteiger partial charge in [-0.2, -0.15) is 5.10 Å². The number of carbonyl (C=O) groups excluding carboxylic acids is 1. The molecule has 126 valence electrons. The molecule has 1 N–H and O–H groups in total. The average Bonchev–Trinajstić information content (AvgIpc) is 2.83. The molecule has 2 aromatic carbocycles. The average molecular weight is 349 g/mol. The van der Waals surface area contributed by atoms with E-state index in [4.69, 9.17) is 5.10 Å². The van der Waals surface area contributed by atoms with Crippen LogP contribution in [0.1, 0.15) is 27.6 Å². The van der Waals surface area contributed by atoms with Crippen molar-refractivity contribution in [3.05, 3.63) is 77.0 Å². The number of nitrogens with one attached hydrogen (secondary N) is 1. The van der Waals surface area contributed by atoms with Gasteiger partial charge in [-0.3, -0.25) is 4.79 Å². The van der Waals surface area contributed by atoms with Crippen molar-refractivity contribution in [3.63, 3.8) is 0 Å². The molecule has 25 heavy (non-hydrogen) atoms. The number of nitrogens with zero attached hydrogens (tertiary/aromatic N) is 2. The number of benzene rings is 2. The molecule has 5 heteroatoms. The molecule has 1 aliphatic heterocycles. The van der Waals surface area contributed by atoms with E-state index in [9.17, 15) is 4.79 Å². The van der Waals surface area contributed by atoms with Crippen molar-refractivity contribution in [2.45, 2.75) is 19.1 Å². The predicted molar refractivity (Wildman–Crippen MR) is 102 cm³/mol. The fourth-order valence-corrected chi connectivity index (χ4v) is 4.33.